The smallest absolute Gasteiger partial charge is 0.416 e. The minimum absolute atomic E-state index is 0.266. The Balaban J connectivity index is 0.000000414. The highest BCUT2D eigenvalue weighted by Crippen LogP contribution is 2.29. The summed E-state index contributed by atoms with van der Waals surface area (Å²) in [6.07, 6.45) is 6.13. The molecule has 0 radical (unpaired) electrons. The van der Waals surface area contributed by atoms with Gasteiger partial charge in [-0.25, -0.2) is 4.98 Å². The van der Waals surface area contributed by atoms with Gasteiger partial charge in [-0.2, -0.15) is 13.2 Å². The van der Waals surface area contributed by atoms with Crippen molar-refractivity contribution in [3.05, 3.63) is 89.1 Å². The number of rotatable bonds is 12. The number of benzene rings is 1. The van der Waals surface area contributed by atoms with Gasteiger partial charge in [-0.15, -0.1) is 0 Å². The van der Waals surface area contributed by atoms with Crippen molar-refractivity contribution in [3.63, 3.8) is 0 Å². The average molecular weight is 574 g/mol. The number of alkyl halides is 3. The Bertz CT molecular complexity index is 1170. The molecule has 0 aliphatic rings. The zero-order valence-electron chi connectivity index (χ0n) is 25.3. The third-order valence-corrected chi connectivity index (χ3v) is 6.70. The van der Waals surface area contributed by atoms with Gasteiger partial charge in [-0.3, -0.25) is 9.79 Å². The largest absolute Gasteiger partial charge is 0.481 e. The molecule has 0 aliphatic heterocycles. The van der Waals surface area contributed by atoms with Gasteiger partial charge in [-0.1, -0.05) is 69.5 Å². The lowest BCUT2D eigenvalue weighted by molar-refractivity contribution is -0.138. The highest BCUT2D eigenvalue weighted by atomic mass is 19.4. The number of carbonyl (C=O) groups is 1. The Morgan fingerprint density at radius 1 is 1.05 bits per heavy atom. The van der Waals surface area contributed by atoms with E-state index < -0.39 is 17.7 Å². The molecular formula is C33H46F3N3O2. The highest BCUT2D eigenvalue weighted by Gasteiger charge is 2.29. The average Bonchev–Trinajstić information content (AvgIpc) is 3.04. The molecule has 5 nitrogen and oxygen atoms in total. The first-order valence-electron chi connectivity index (χ1n) is 14.4. The predicted molar refractivity (Wildman–Crippen MR) is 162 cm³/mol. The second kappa shape index (κ2) is 18.8. The summed E-state index contributed by atoms with van der Waals surface area (Å²) in [7, 11) is 0. The molecule has 0 saturated heterocycles. The molecule has 0 amide bonds. The van der Waals surface area contributed by atoms with E-state index in [1.54, 1.807) is 6.20 Å². The van der Waals surface area contributed by atoms with Crippen LogP contribution in [0.4, 0.5) is 13.2 Å². The van der Waals surface area contributed by atoms with E-state index in [1.807, 2.05) is 27.7 Å². The third-order valence-electron chi connectivity index (χ3n) is 6.70. The van der Waals surface area contributed by atoms with E-state index in [2.05, 4.69) is 53.1 Å². The van der Waals surface area contributed by atoms with Crippen molar-refractivity contribution in [2.75, 3.05) is 0 Å². The highest BCUT2D eigenvalue weighted by molar-refractivity contribution is 5.97. The van der Waals surface area contributed by atoms with Crippen LogP contribution in [0.3, 0.4) is 0 Å². The molecule has 8 heteroatoms. The number of aryl methyl sites for hydroxylation is 1. The Hall–Kier alpha value is -3.42. The SMILES string of the molecule is CCC(=N/C=C(/C)CC)c1ncccc(C(F)(F)F)cc[nH]1.CCCC(CC[C@H](C)CC(=O)O)c1ccc(C)cc1. The van der Waals surface area contributed by atoms with Gasteiger partial charge in [0.05, 0.1) is 11.3 Å². The fourth-order valence-electron chi connectivity index (χ4n) is 4.06. The number of halogens is 3. The van der Waals surface area contributed by atoms with E-state index in [0.29, 0.717) is 23.9 Å². The van der Waals surface area contributed by atoms with Crippen molar-refractivity contribution in [2.45, 2.75) is 98.6 Å². The maximum atomic E-state index is 12.7. The van der Waals surface area contributed by atoms with Crippen LogP contribution in [0, 0.1) is 12.8 Å². The summed E-state index contributed by atoms with van der Waals surface area (Å²) >= 11 is 0. The predicted octanol–water partition coefficient (Wildman–Crippen LogP) is 9.84. The van der Waals surface area contributed by atoms with Crippen LogP contribution in [0.15, 0.2) is 71.6 Å². The fourth-order valence-corrected chi connectivity index (χ4v) is 4.06. The van der Waals surface area contributed by atoms with E-state index in [9.17, 15) is 18.0 Å². The topological polar surface area (TPSA) is 78.3 Å². The van der Waals surface area contributed by atoms with Crippen molar-refractivity contribution in [1.82, 2.24) is 9.97 Å². The quantitative estimate of drug-likeness (QED) is 0.248. The molecule has 41 heavy (non-hydrogen) atoms. The molecule has 0 saturated carbocycles. The molecule has 0 aliphatic carbocycles. The second-order valence-electron chi connectivity index (χ2n) is 10.4. The summed E-state index contributed by atoms with van der Waals surface area (Å²) in [6.45, 7) is 12.3. The van der Waals surface area contributed by atoms with Gasteiger partial charge in [-0.05, 0) is 81.5 Å². The zero-order chi connectivity index (χ0) is 30.8. The molecule has 2 rings (SSSR count). The number of allylic oxidation sites excluding steroid dienone is 1. The van der Waals surface area contributed by atoms with E-state index in [4.69, 9.17) is 5.11 Å². The summed E-state index contributed by atoms with van der Waals surface area (Å²) < 4.78 is 38.1. The number of hydrogen-bond donors (Lipinski definition) is 2. The lowest BCUT2D eigenvalue weighted by Crippen LogP contribution is -2.07. The number of nitrogens with one attached hydrogen (secondary N) is 1. The minimum Gasteiger partial charge on any atom is -0.481 e. The van der Waals surface area contributed by atoms with Gasteiger partial charge in [0.2, 0.25) is 0 Å². The molecule has 2 aromatic rings. The van der Waals surface area contributed by atoms with Crippen LogP contribution >= 0.6 is 0 Å². The van der Waals surface area contributed by atoms with Crippen LogP contribution in [-0.4, -0.2) is 26.8 Å². The summed E-state index contributed by atoms with van der Waals surface area (Å²) in [6, 6.07) is 12.0. The van der Waals surface area contributed by atoms with Crippen LogP contribution in [0.25, 0.3) is 0 Å². The maximum absolute atomic E-state index is 12.7. The van der Waals surface area contributed by atoms with Crippen LogP contribution < -0.4 is 0 Å². The molecule has 2 N–H and O–H groups in total. The molecule has 1 unspecified atom stereocenters. The summed E-state index contributed by atoms with van der Waals surface area (Å²) in [5.41, 5.74) is 3.73. The van der Waals surface area contributed by atoms with E-state index in [1.165, 1.54) is 42.4 Å². The van der Waals surface area contributed by atoms with E-state index in [0.717, 1.165) is 37.0 Å². The van der Waals surface area contributed by atoms with Crippen molar-refractivity contribution >= 4 is 11.7 Å². The monoisotopic (exact) mass is 573 g/mol. The Morgan fingerprint density at radius 3 is 2.29 bits per heavy atom. The van der Waals surface area contributed by atoms with Crippen LogP contribution in [0.5, 0.6) is 0 Å². The first kappa shape index (κ1) is 35.6. The molecule has 1 aromatic heterocycles. The summed E-state index contributed by atoms with van der Waals surface area (Å²) in [4.78, 5) is 22.0. The Labute approximate surface area is 243 Å². The van der Waals surface area contributed by atoms with Crippen LogP contribution in [0.1, 0.15) is 108 Å². The molecule has 1 heterocycles. The summed E-state index contributed by atoms with van der Waals surface area (Å²) in [5.74, 6) is 0.589. The van der Waals surface area contributed by atoms with Crippen LogP contribution in [0.2, 0.25) is 0 Å². The normalized spacial score (nSPS) is 13.5. The molecule has 0 fully saturated rings. The molecule has 2 atom stereocenters. The zero-order valence-corrected chi connectivity index (χ0v) is 25.3. The number of carboxylic acid groups (broad SMARTS) is 1. The third kappa shape index (κ3) is 14.7. The molecule has 0 spiro atoms. The lowest BCUT2D eigenvalue weighted by Gasteiger charge is -2.19. The van der Waals surface area contributed by atoms with Crippen LogP contribution in [-0.2, 0) is 11.0 Å². The summed E-state index contributed by atoms with van der Waals surface area (Å²) in [5, 5.41) is 8.80. The number of aromatic amines is 1. The molecule has 226 valence electrons. The van der Waals surface area contributed by atoms with Gasteiger partial charge >= 0.3 is 12.1 Å². The number of carboxylic acids is 1. The van der Waals surface area contributed by atoms with Gasteiger partial charge < -0.3 is 10.1 Å². The van der Waals surface area contributed by atoms with E-state index in [-0.39, 0.29) is 12.3 Å². The second-order valence-corrected chi connectivity index (χ2v) is 10.4. The van der Waals surface area contributed by atoms with Crippen molar-refractivity contribution < 1.29 is 23.1 Å². The number of aliphatic carboxylic acids is 1. The molecule has 1 aromatic carbocycles. The molecule has 0 bridgehead atoms. The van der Waals surface area contributed by atoms with E-state index >= 15 is 0 Å². The number of hydrogen-bond acceptors (Lipinski definition) is 3. The van der Waals surface area contributed by atoms with Crippen molar-refractivity contribution in [1.29, 1.82) is 0 Å². The Kier molecular flexibility index (Phi) is 16.4. The van der Waals surface area contributed by atoms with Gasteiger partial charge in [0.25, 0.3) is 0 Å². The van der Waals surface area contributed by atoms with Gasteiger partial charge in [0.1, 0.15) is 0 Å². The number of aromatic nitrogens is 2. The standard InChI is InChI=1S/C17H26O2.C16H20F3N3/c1-4-5-15(11-8-14(3)12-17(18)19)16-9-6-13(2)7-10-16;1-4-12(3)11-22-14(5-2)15-20-9-6-7-13(8-10-21-15)16(17,18)19/h6-7,9-10,14-15H,4-5,8,11-12H2,1-3H3,(H,18,19);6-11H,4-5H2,1-3H3,(H,20,21)/b;9-6?,10-8?,12-11-,13-7?,22-14?/t14-,15?;/m0./s1. The number of H-pyrrole nitrogens is 1. The molecular weight excluding hydrogens is 527 g/mol. The van der Waals surface area contributed by atoms with Gasteiger partial charge in [0.15, 0.2) is 5.82 Å². The number of nitrogens with zero attached hydrogens (tertiary/aromatic N) is 2. The lowest BCUT2D eigenvalue weighted by atomic mass is 9.86. The van der Waals surface area contributed by atoms with Crippen molar-refractivity contribution in [3.8, 4) is 0 Å². The first-order valence-corrected chi connectivity index (χ1v) is 14.4. The van der Waals surface area contributed by atoms with Gasteiger partial charge in [0, 0.05) is 25.0 Å². The Morgan fingerprint density at radius 2 is 1.73 bits per heavy atom. The fraction of sp³-hybridized carbons (Fsp3) is 0.485. The number of aliphatic imine (C=N–C) groups is 1. The maximum Gasteiger partial charge on any atom is 0.416 e. The minimum atomic E-state index is -4.39. The first-order chi connectivity index (χ1) is 19.4. The van der Waals surface area contributed by atoms with Crippen molar-refractivity contribution in [2.24, 2.45) is 10.9 Å².